The molecular formula is C18H10ClF6NO. The third-order valence-corrected chi connectivity index (χ3v) is 4.20. The summed E-state index contributed by atoms with van der Waals surface area (Å²) in [6.45, 7) is -0.294. The number of alkyl halides is 6. The molecule has 0 amide bonds. The highest BCUT2D eigenvalue weighted by atomic mass is 35.5. The van der Waals surface area contributed by atoms with Crippen LogP contribution in [-0.2, 0) is 18.9 Å². The highest BCUT2D eigenvalue weighted by Gasteiger charge is 2.36. The van der Waals surface area contributed by atoms with Crippen molar-refractivity contribution in [2.45, 2.75) is 18.9 Å². The number of hydrogen-bond donors (Lipinski definition) is 0. The van der Waals surface area contributed by atoms with Gasteiger partial charge in [0.25, 0.3) is 5.24 Å². The van der Waals surface area contributed by atoms with Gasteiger partial charge in [-0.15, -0.1) is 0 Å². The SMILES string of the molecule is O=C(Cl)c1cn(Cc2cc(C(F)(F)F)cc(C(F)(F)F)c2)c2ccccc12. The summed E-state index contributed by atoms with van der Waals surface area (Å²) in [5.41, 5.74) is -2.40. The highest BCUT2D eigenvalue weighted by Crippen LogP contribution is 2.36. The Hall–Kier alpha value is -2.48. The third-order valence-electron chi connectivity index (χ3n) is 4.00. The predicted octanol–water partition coefficient (Wildman–Crippen LogP) is 6.11. The number of nitrogens with zero attached hydrogens (tertiary/aromatic N) is 1. The van der Waals surface area contributed by atoms with Crippen LogP contribution in [0.1, 0.15) is 27.0 Å². The van der Waals surface area contributed by atoms with E-state index in [1.165, 1.54) is 10.8 Å². The largest absolute Gasteiger partial charge is 0.416 e. The first-order chi connectivity index (χ1) is 12.5. The summed E-state index contributed by atoms with van der Waals surface area (Å²) in [7, 11) is 0. The lowest BCUT2D eigenvalue weighted by atomic mass is 10.0. The topological polar surface area (TPSA) is 22.0 Å². The minimum atomic E-state index is -4.92. The second-order valence-electron chi connectivity index (χ2n) is 5.88. The summed E-state index contributed by atoms with van der Waals surface area (Å²) in [5.74, 6) is 0. The molecule has 9 heteroatoms. The average molecular weight is 406 g/mol. The first kappa shape index (κ1) is 19.3. The van der Waals surface area contributed by atoms with E-state index >= 15 is 0 Å². The summed E-state index contributed by atoms with van der Waals surface area (Å²) in [5, 5.41) is -0.314. The van der Waals surface area contributed by atoms with Gasteiger partial charge in [-0.1, -0.05) is 18.2 Å². The fraction of sp³-hybridized carbons (Fsp3) is 0.167. The smallest absolute Gasteiger partial charge is 0.342 e. The van der Waals surface area contributed by atoms with Crippen LogP contribution in [0.2, 0.25) is 0 Å². The number of halogens is 7. The molecule has 0 unspecified atom stereocenters. The molecule has 0 aliphatic heterocycles. The molecular weight excluding hydrogens is 396 g/mol. The molecule has 3 rings (SSSR count). The van der Waals surface area contributed by atoms with Crippen molar-refractivity contribution >= 4 is 27.7 Å². The van der Waals surface area contributed by atoms with E-state index in [-0.39, 0.29) is 23.7 Å². The fourth-order valence-electron chi connectivity index (χ4n) is 2.84. The van der Waals surface area contributed by atoms with Crippen molar-refractivity contribution in [1.82, 2.24) is 4.57 Å². The van der Waals surface area contributed by atoms with E-state index in [9.17, 15) is 31.1 Å². The lowest BCUT2D eigenvalue weighted by Gasteiger charge is -2.15. The minimum absolute atomic E-state index is 0.0744. The van der Waals surface area contributed by atoms with Gasteiger partial charge in [0.05, 0.1) is 16.7 Å². The number of carbonyl (C=O) groups excluding carboxylic acids is 1. The maximum Gasteiger partial charge on any atom is 0.416 e. The molecule has 0 saturated heterocycles. The standard InChI is InChI=1S/C18H10ClF6NO/c19-16(27)14-9-26(15-4-2-1-3-13(14)15)8-10-5-11(17(20,21)22)7-12(6-10)18(23,24)25/h1-7,9H,8H2. The number of carbonyl (C=O) groups is 1. The normalized spacial score (nSPS) is 12.6. The Morgan fingerprint density at radius 2 is 1.48 bits per heavy atom. The summed E-state index contributed by atoms with van der Waals surface area (Å²) in [6.07, 6.45) is -8.54. The lowest BCUT2D eigenvalue weighted by molar-refractivity contribution is -0.143. The maximum absolute atomic E-state index is 13.0. The minimum Gasteiger partial charge on any atom is -0.342 e. The monoisotopic (exact) mass is 405 g/mol. The van der Waals surface area contributed by atoms with Crippen LogP contribution >= 0.6 is 11.6 Å². The van der Waals surface area contributed by atoms with Crippen molar-refractivity contribution in [3.63, 3.8) is 0 Å². The van der Waals surface area contributed by atoms with E-state index in [2.05, 4.69) is 0 Å². The van der Waals surface area contributed by atoms with Gasteiger partial charge in [0.2, 0.25) is 0 Å². The van der Waals surface area contributed by atoms with Crippen molar-refractivity contribution < 1.29 is 31.1 Å². The maximum atomic E-state index is 13.0. The van der Waals surface area contributed by atoms with Gasteiger partial charge in [0, 0.05) is 23.6 Å². The zero-order valence-electron chi connectivity index (χ0n) is 13.3. The molecule has 0 N–H and O–H groups in total. The van der Waals surface area contributed by atoms with Gasteiger partial charge in [-0.2, -0.15) is 26.3 Å². The van der Waals surface area contributed by atoms with Crippen LogP contribution in [-0.4, -0.2) is 9.81 Å². The molecule has 1 aromatic heterocycles. The molecule has 0 aliphatic rings. The Morgan fingerprint density at radius 3 is 2.00 bits per heavy atom. The molecule has 0 fully saturated rings. The van der Waals surface area contributed by atoms with Gasteiger partial charge in [0.15, 0.2) is 0 Å². The lowest BCUT2D eigenvalue weighted by Crippen LogP contribution is -2.12. The molecule has 0 radical (unpaired) electrons. The van der Waals surface area contributed by atoms with Gasteiger partial charge in [0.1, 0.15) is 0 Å². The molecule has 142 valence electrons. The van der Waals surface area contributed by atoms with Gasteiger partial charge < -0.3 is 4.57 Å². The summed E-state index contributed by atoms with van der Waals surface area (Å²) >= 11 is 5.52. The Balaban J connectivity index is 2.13. The number of benzene rings is 2. The summed E-state index contributed by atoms with van der Waals surface area (Å²) in [6, 6.07) is 7.85. The molecule has 2 aromatic carbocycles. The summed E-state index contributed by atoms with van der Waals surface area (Å²) < 4.78 is 79.4. The van der Waals surface area contributed by atoms with E-state index in [0.29, 0.717) is 23.0 Å². The fourth-order valence-corrected chi connectivity index (χ4v) is 2.99. The Labute approximate surface area is 154 Å². The van der Waals surface area contributed by atoms with E-state index < -0.39 is 28.7 Å². The zero-order valence-corrected chi connectivity index (χ0v) is 14.1. The van der Waals surface area contributed by atoms with E-state index in [1.807, 2.05) is 0 Å². The highest BCUT2D eigenvalue weighted by molar-refractivity contribution is 6.68. The molecule has 2 nitrogen and oxygen atoms in total. The molecule has 0 saturated carbocycles. The molecule has 0 spiro atoms. The van der Waals surface area contributed by atoms with Crippen molar-refractivity contribution in [1.29, 1.82) is 0 Å². The second-order valence-corrected chi connectivity index (χ2v) is 6.22. The van der Waals surface area contributed by atoms with Crippen LogP contribution in [0.3, 0.4) is 0 Å². The number of rotatable bonds is 3. The number of hydrogen-bond acceptors (Lipinski definition) is 1. The Bertz CT molecular complexity index is 987. The molecule has 1 heterocycles. The van der Waals surface area contributed by atoms with Gasteiger partial charge in [-0.3, -0.25) is 4.79 Å². The van der Waals surface area contributed by atoms with Crippen molar-refractivity contribution in [2.75, 3.05) is 0 Å². The zero-order chi connectivity index (χ0) is 20.0. The molecule has 0 aliphatic carbocycles. The molecule has 27 heavy (non-hydrogen) atoms. The van der Waals surface area contributed by atoms with Crippen LogP contribution in [0.15, 0.2) is 48.7 Å². The van der Waals surface area contributed by atoms with Crippen molar-refractivity contribution in [3.8, 4) is 0 Å². The quantitative estimate of drug-likeness (QED) is 0.381. The van der Waals surface area contributed by atoms with Crippen LogP contribution in [0, 0.1) is 0 Å². The van der Waals surface area contributed by atoms with Gasteiger partial charge >= 0.3 is 12.4 Å². The van der Waals surface area contributed by atoms with Gasteiger partial charge in [-0.25, -0.2) is 0 Å². The van der Waals surface area contributed by atoms with Crippen LogP contribution in [0.5, 0.6) is 0 Å². The van der Waals surface area contributed by atoms with Crippen molar-refractivity contribution in [3.05, 3.63) is 70.9 Å². The predicted molar refractivity (Wildman–Crippen MR) is 87.7 cm³/mol. The van der Waals surface area contributed by atoms with E-state index in [4.69, 9.17) is 11.6 Å². The molecule has 0 bridgehead atoms. The number of fused-ring (bicyclic) bond motifs is 1. The van der Waals surface area contributed by atoms with E-state index in [1.54, 1.807) is 24.3 Å². The third kappa shape index (κ3) is 3.95. The Morgan fingerprint density at radius 1 is 0.926 bits per heavy atom. The van der Waals surface area contributed by atoms with E-state index in [0.717, 1.165) is 0 Å². The van der Waals surface area contributed by atoms with Gasteiger partial charge in [-0.05, 0) is 41.4 Å². The van der Waals surface area contributed by atoms with Crippen LogP contribution in [0.4, 0.5) is 26.3 Å². The average Bonchev–Trinajstić information content (AvgIpc) is 2.92. The van der Waals surface area contributed by atoms with Crippen LogP contribution in [0.25, 0.3) is 10.9 Å². The number of para-hydroxylation sites is 1. The van der Waals surface area contributed by atoms with Crippen molar-refractivity contribution in [2.24, 2.45) is 0 Å². The molecule has 0 atom stereocenters. The first-order valence-electron chi connectivity index (χ1n) is 7.53. The van der Waals surface area contributed by atoms with Crippen LogP contribution < -0.4 is 0 Å². The molecule has 3 aromatic rings. The number of aromatic nitrogens is 1. The summed E-state index contributed by atoms with van der Waals surface area (Å²) in [4.78, 5) is 11.6. The Kier molecular flexibility index (Phi) is 4.71. The first-order valence-corrected chi connectivity index (χ1v) is 7.90. The second kappa shape index (κ2) is 6.60.